The first-order valence-corrected chi connectivity index (χ1v) is 3.50. The van der Waals surface area contributed by atoms with Crippen LogP contribution in [0, 0.1) is 24.2 Å². The van der Waals surface area contributed by atoms with Crippen LogP contribution in [0.25, 0.3) is 0 Å². The molecule has 0 rings (SSSR count). The number of rotatable bonds is 0. The molecule has 0 bridgehead atoms. The lowest BCUT2D eigenvalue weighted by Gasteiger charge is -1.99. The van der Waals surface area contributed by atoms with Crippen molar-refractivity contribution in [1.29, 1.82) is 0 Å². The molecule has 0 heterocycles. The topological polar surface area (TPSA) is 0 Å². The number of hydrogen-bond acceptors (Lipinski definition) is 0. The van der Waals surface area contributed by atoms with E-state index in [9.17, 15) is 0 Å². The van der Waals surface area contributed by atoms with E-state index in [1.807, 2.05) is 6.92 Å². The molecule has 0 aliphatic heterocycles. The molecule has 0 N–H and O–H groups in total. The van der Waals surface area contributed by atoms with Gasteiger partial charge < -0.3 is 0 Å². The van der Waals surface area contributed by atoms with Gasteiger partial charge in [-0.05, 0) is 18.8 Å². The Morgan fingerprint density at radius 2 is 2.00 bits per heavy atom. The Labute approximate surface area is 66.3 Å². The first-order chi connectivity index (χ1) is 3.56. The fourth-order valence-corrected chi connectivity index (χ4v) is 0.344. The Bertz CT molecular complexity index is 158. The molecule has 0 aliphatic rings. The van der Waals surface area contributed by atoms with E-state index in [0.717, 1.165) is 0 Å². The van der Waals surface area contributed by atoms with Crippen molar-refractivity contribution >= 4 is 31.9 Å². The van der Waals surface area contributed by atoms with E-state index >= 15 is 0 Å². The minimum absolute atomic E-state index is 0.327. The second-order valence-electron chi connectivity index (χ2n) is 1.28. The Hall–Kier alpha value is 0.0800. The zero-order valence-electron chi connectivity index (χ0n) is 4.33. The molecule has 0 spiro atoms. The van der Waals surface area contributed by atoms with Gasteiger partial charge in [0.1, 0.15) is 3.23 Å². The minimum Gasteiger partial charge on any atom is -0.106 e. The molecule has 8 heavy (non-hydrogen) atoms. The first kappa shape index (κ1) is 8.08. The summed E-state index contributed by atoms with van der Waals surface area (Å²) in [7, 11) is 0. The van der Waals surface area contributed by atoms with Gasteiger partial charge in [-0.3, -0.25) is 0 Å². The van der Waals surface area contributed by atoms with E-state index < -0.39 is 0 Å². The Balaban J connectivity index is 3.93. The van der Waals surface area contributed by atoms with Crippen LogP contribution in [0.5, 0.6) is 0 Å². The summed E-state index contributed by atoms with van der Waals surface area (Å²) in [5, 5.41) is 0. The third-order valence-corrected chi connectivity index (χ3v) is 0.751. The maximum absolute atomic E-state index is 4.87. The SMILES string of the molecule is C#CC#CC(C)(Br)Br. The Morgan fingerprint density at radius 1 is 1.50 bits per heavy atom. The van der Waals surface area contributed by atoms with E-state index in [1.165, 1.54) is 0 Å². The molecular formula is C6H4Br2. The average Bonchev–Trinajstić information content (AvgIpc) is 1.59. The second-order valence-corrected chi connectivity index (χ2v) is 5.52. The quantitative estimate of drug-likeness (QED) is 0.446. The molecule has 0 aromatic carbocycles. The van der Waals surface area contributed by atoms with Crippen LogP contribution in [0.3, 0.4) is 0 Å². The highest BCUT2D eigenvalue weighted by Gasteiger charge is 2.08. The lowest BCUT2D eigenvalue weighted by atomic mass is 10.5. The Morgan fingerprint density at radius 3 is 2.12 bits per heavy atom. The van der Waals surface area contributed by atoms with Gasteiger partial charge in [0, 0.05) is 0 Å². The van der Waals surface area contributed by atoms with Crippen molar-refractivity contribution in [3.63, 3.8) is 0 Å². The van der Waals surface area contributed by atoms with Gasteiger partial charge in [-0.1, -0.05) is 37.8 Å². The standard InChI is InChI=1S/C6H4Br2/c1-3-4-5-6(2,7)8/h1H,2H3. The molecule has 0 aliphatic carbocycles. The predicted octanol–water partition coefficient (Wildman–Crippen LogP) is 2.13. The Kier molecular flexibility index (Phi) is 3.21. The molecule has 0 radical (unpaired) electrons. The predicted molar refractivity (Wildman–Crippen MR) is 42.9 cm³/mol. The van der Waals surface area contributed by atoms with Gasteiger partial charge in [0.25, 0.3) is 0 Å². The third-order valence-electron chi connectivity index (χ3n) is 0.354. The molecule has 0 nitrogen and oxygen atoms in total. The maximum Gasteiger partial charge on any atom is 0.138 e. The smallest absolute Gasteiger partial charge is 0.106 e. The lowest BCUT2D eigenvalue weighted by Crippen LogP contribution is -1.97. The average molecular weight is 236 g/mol. The zero-order valence-corrected chi connectivity index (χ0v) is 7.51. The number of terminal acetylenes is 1. The van der Waals surface area contributed by atoms with Gasteiger partial charge in [-0.2, -0.15) is 0 Å². The van der Waals surface area contributed by atoms with Crippen molar-refractivity contribution in [2.24, 2.45) is 0 Å². The summed E-state index contributed by atoms with van der Waals surface area (Å²) in [4.78, 5) is 0. The fourth-order valence-electron chi connectivity index (χ4n) is 0.146. The summed E-state index contributed by atoms with van der Waals surface area (Å²) < 4.78 is -0.327. The third kappa shape index (κ3) is 6.08. The van der Waals surface area contributed by atoms with Crippen LogP contribution in [0.4, 0.5) is 0 Å². The highest BCUT2D eigenvalue weighted by molar-refractivity contribution is 9.25. The summed E-state index contributed by atoms with van der Waals surface area (Å²) in [6.07, 6.45) is 4.87. The van der Waals surface area contributed by atoms with Crippen LogP contribution in [0.15, 0.2) is 0 Å². The van der Waals surface area contributed by atoms with E-state index in [4.69, 9.17) is 6.42 Å². The van der Waals surface area contributed by atoms with Gasteiger partial charge in [0.05, 0.1) is 0 Å². The molecule has 0 atom stereocenters. The molecule has 0 saturated heterocycles. The van der Waals surface area contributed by atoms with Crippen molar-refractivity contribution in [3.8, 4) is 24.2 Å². The van der Waals surface area contributed by atoms with E-state index in [2.05, 4.69) is 49.6 Å². The van der Waals surface area contributed by atoms with Crippen molar-refractivity contribution in [3.05, 3.63) is 0 Å². The van der Waals surface area contributed by atoms with Crippen LogP contribution in [0.2, 0.25) is 0 Å². The van der Waals surface area contributed by atoms with Crippen LogP contribution in [-0.2, 0) is 0 Å². The van der Waals surface area contributed by atoms with Crippen molar-refractivity contribution in [2.75, 3.05) is 0 Å². The molecule has 0 unspecified atom stereocenters. The monoisotopic (exact) mass is 234 g/mol. The van der Waals surface area contributed by atoms with Gasteiger partial charge >= 0.3 is 0 Å². The highest BCUT2D eigenvalue weighted by atomic mass is 79.9. The highest BCUT2D eigenvalue weighted by Crippen LogP contribution is 2.22. The van der Waals surface area contributed by atoms with E-state index in [1.54, 1.807) is 0 Å². The summed E-state index contributed by atoms with van der Waals surface area (Å²) in [6.45, 7) is 1.86. The normalized spacial score (nSPS) is 8.75. The van der Waals surface area contributed by atoms with Gasteiger partial charge in [-0.25, -0.2) is 0 Å². The molecule has 0 amide bonds. The molecule has 0 aromatic rings. The van der Waals surface area contributed by atoms with Gasteiger partial charge in [-0.15, -0.1) is 6.42 Å². The summed E-state index contributed by atoms with van der Waals surface area (Å²) in [5.74, 6) is 7.39. The van der Waals surface area contributed by atoms with Crippen molar-refractivity contribution < 1.29 is 0 Å². The van der Waals surface area contributed by atoms with Crippen LogP contribution in [0.1, 0.15) is 6.92 Å². The molecule has 0 aromatic heterocycles. The second kappa shape index (κ2) is 3.17. The molecule has 0 saturated carbocycles. The fraction of sp³-hybridized carbons (Fsp3) is 0.333. The van der Waals surface area contributed by atoms with E-state index in [-0.39, 0.29) is 3.23 Å². The maximum atomic E-state index is 4.87. The lowest BCUT2D eigenvalue weighted by molar-refractivity contribution is 1.26. The number of hydrogen-bond donors (Lipinski definition) is 0. The van der Waals surface area contributed by atoms with Gasteiger partial charge in [0.15, 0.2) is 0 Å². The van der Waals surface area contributed by atoms with E-state index in [0.29, 0.717) is 0 Å². The van der Waals surface area contributed by atoms with Crippen molar-refractivity contribution in [1.82, 2.24) is 0 Å². The summed E-state index contributed by atoms with van der Waals surface area (Å²) in [6, 6.07) is 0. The summed E-state index contributed by atoms with van der Waals surface area (Å²) in [5.41, 5.74) is 0. The van der Waals surface area contributed by atoms with Crippen molar-refractivity contribution in [2.45, 2.75) is 10.2 Å². The van der Waals surface area contributed by atoms with Crippen LogP contribution < -0.4 is 0 Å². The van der Waals surface area contributed by atoms with Crippen LogP contribution >= 0.6 is 31.9 Å². The first-order valence-electron chi connectivity index (χ1n) is 1.92. The molecule has 42 valence electrons. The summed E-state index contributed by atoms with van der Waals surface area (Å²) >= 11 is 6.45. The molecule has 2 heteroatoms. The van der Waals surface area contributed by atoms with Gasteiger partial charge in [0.2, 0.25) is 0 Å². The largest absolute Gasteiger partial charge is 0.138 e. The zero-order chi connectivity index (χ0) is 6.62. The number of halogens is 2. The van der Waals surface area contributed by atoms with Crippen LogP contribution in [-0.4, -0.2) is 3.23 Å². The molecule has 0 fully saturated rings. The minimum atomic E-state index is -0.327. The number of alkyl halides is 2. The molecular weight excluding hydrogens is 232 g/mol.